The molecule has 0 aliphatic carbocycles. The van der Waals surface area contributed by atoms with Gasteiger partial charge in [-0.2, -0.15) is 0 Å². The SMILES string of the molecule is CC(C)(C)/[N+]([O-])=C/c1ccccc1. The van der Waals surface area contributed by atoms with Crippen LogP contribution in [0.2, 0.25) is 0 Å². The van der Waals surface area contributed by atoms with Crippen LogP contribution in [0.3, 0.4) is 0 Å². The van der Waals surface area contributed by atoms with Crippen molar-refractivity contribution in [1.82, 2.24) is 0 Å². The van der Waals surface area contributed by atoms with Gasteiger partial charge < -0.3 is 5.21 Å². The van der Waals surface area contributed by atoms with E-state index >= 15 is 0 Å². The lowest BCUT2D eigenvalue weighted by molar-refractivity contribution is -0.530. The topological polar surface area (TPSA) is 26.1 Å². The van der Waals surface area contributed by atoms with Gasteiger partial charge in [-0.15, -0.1) is 0 Å². The molecule has 0 bridgehead atoms. The Kier molecular flexibility index (Phi) is 2.71. The predicted molar refractivity (Wildman–Crippen MR) is 55.0 cm³/mol. The minimum atomic E-state index is -0.365. The molecule has 0 amide bonds. The highest BCUT2D eigenvalue weighted by molar-refractivity contribution is 5.75. The van der Waals surface area contributed by atoms with Gasteiger partial charge in [0.05, 0.1) is 0 Å². The second-order valence-electron chi connectivity index (χ2n) is 4.04. The molecule has 0 radical (unpaired) electrons. The number of rotatable bonds is 1. The van der Waals surface area contributed by atoms with E-state index in [-0.39, 0.29) is 5.54 Å². The van der Waals surface area contributed by atoms with E-state index in [9.17, 15) is 5.21 Å². The Morgan fingerprint density at radius 3 is 2.15 bits per heavy atom. The fourth-order valence-corrected chi connectivity index (χ4v) is 0.868. The van der Waals surface area contributed by atoms with E-state index in [2.05, 4.69) is 0 Å². The molecular weight excluding hydrogens is 162 g/mol. The van der Waals surface area contributed by atoms with Crippen LogP contribution in [0.25, 0.3) is 0 Å². The molecule has 0 heterocycles. The van der Waals surface area contributed by atoms with Crippen molar-refractivity contribution in [1.29, 1.82) is 0 Å². The molecule has 1 aromatic rings. The molecule has 0 atom stereocenters. The van der Waals surface area contributed by atoms with Crippen LogP contribution in [0.15, 0.2) is 30.3 Å². The van der Waals surface area contributed by atoms with Crippen molar-refractivity contribution in [2.75, 3.05) is 0 Å². The highest BCUT2D eigenvalue weighted by Gasteiger charge is 2.17. The molecule has 0 fully saturated rings. The van der Waals surface area contributed by atoms with Gasteiger partial charge in [0.25, 0.3) is 0 Å². The Hall–Kier alpha value is -1.31. The van der Waals surface area contributed by atoms with E-state index < -0.39 is 0 Å². The number of benzene rings is 1. The molecular formula is C11H15NO. The van der Waals surface area contributed by atoms with E-state index in [1.54, 1.807) is 6.21 Å². The number of hydrogen-bond donors (Lipinski definition) is 0. The molecule has 2 nitrogen and oxygen atoms in total. The molecule has 0 spiro atoms. The first kappa shape index (κ1) is 9.78. The van der Waals surface area contributed by atoms with Gasteiger partial charge in [-0.3, -0.25) is 0 Å². The highest BCUT2D eigenvalue weighted by atomic mass is 16.5. The third-order valence-corrected chi connectivity index (χ3v) is 1.73. The molecule has 0 N–H and O–H groups in total. The molecule has 0 unspecified atom stereocenters. The largest absolute Gasteiger partial charge is 0.623 e. The van der Waals surface area contributed by atoms with Gasteiger partial charge >= 0.3 is 0 Å². The van der Waals surface area contributed by atoms with Crippen LogP contribution in [-0.2, 0) is 0 Å². The summed E-state index contributed by atoms with van der Waals surface area (Å²) in [6, 6.07) is 9.60. The zero-order valence-electron chi connectivity index (χ0n) is 8.32. The molecule has 13 heavy (non-hydrogen) atoms. The van der Waals surface area contributed by atoms with E-state index in [1.165, 1.54) is 0 Å². The van der Waals surface area contributed by atoms with Crippen molar-refractivity contribution in [3.63, 3.8) is 0 Å². The first-order valence-electron chi connectivity index (χ1n) is 4.36. The lowest BCUT2D eigenvalue weighted by atomic mass is 10.1. The van der Waals surface area contributed by atoms with E-state index in [0.29, 0.717) is 0 Å². The Morgan fingerprint density at radius 2 is 1.69 bits per heavy atom. The molecule has 70 valence electrons. The lowest BCUT2D eigenvalue weighted by Gasteiger charge is -2.18. The number of nitrogens with zero attached hydrogens (tertiary/aromatic N) is 1. The van der Waals surface area contributed by atoms with Crippen molar-refractivity contribution in [3.8, 4) is 0 Å². The summed E-state index contributed by atoms with van der Waals surface area (Å²) >= 11 is 0. The third kappa shape index (κ3) is 2.90. The van der Waals surface area contributed by atoms with Gasteiger partial charge in [-0.05, 0) is 12.1 Å². The van der Waals surface area contributed by atoms with Crippen LogP contribution >= 0.6 is 0 Å². The minimum Gasteiger partial charge on any atom is -0.623 e. The maximum Gasteiger partial charge on any atom is 0.182 e. The molecule has 0 saturated carbocycles. The molecule has 1 rings (SSSR count). The standard InChI is InChI=1S/C11H15NO/c1-11(2,3)12(13)9-10-7-5-4-6-8-10/h4-9H,1-3H3/b12-9-. The van der Waals surface area contributed by atoms with Gasteiger partial charge in [0, 0.05) is 26.3 Å². The minimum absolute atomic E-state index is 0.365. The van der Waals surface area contributed by atoms with Crippen LogP contribution in [-0.4, -0.2) is 16.5 Å². The first-order chi connectivity index (χ1) is 6.00. The molecule has 0 aliphatic rings. The molecule has 1 aromatic carbocycles. The summed E-state index contributed by atoms with van der Waals surface area (Å²) in [4.78, 5) is 0. The van der Waals surface area contributed by atoms with Gasteiger partial charge in [-0.25, -0.2) is 4.74 Å². The van der Waals surface area contributed by atoms with E-state index in [1.807, 2.05) is 51.1 Å². The Bertz CT molecular complexity index is 296. The smallest absolute Gasteiger partial charge is 0.182 e. The van der Waals surface area contributed by atoms with Gasteiger partial charge in [0.2, 0.25) is 0 Å². The maximum absolute atomic E-state index is 11.5. The van der Waals surface area contributed by atoms with Crippen molar-refractivity contribution >= 4 is 6.21 Å². The average Bonchev–Trinajstić information content (AvgIpc) is 2.04. The van der Waals surface area contributed by atoms with Crippen molar-refractivity contribution in [2.45, 2.75) is 26.3 Å². The molecule has 0 saturated heterocycles. The molecule has 0 aromatic heterocycles. The monoisotopic (exact) mass is 177 g/mol. The van der Waals surface area contributed by atoms with E-state index in [0.717, 1.165) is 10.3 Å². The number of hydrogen-bond acceptors (Lipinski definition) is 1. The van der Waals surface area contributed by atoms with Crippen LogP contribution in [0.5, 0.6) is 0 Å². The van der Waals surface area contributed by atoms with E-state index in [4.69, 9.17) is 0 Å². The second-order valence-corrected chi connectivity index (χ2v) is 4.04. The van der Waals surface area contributed by atoms with Gasteiger partial charge in [0.15, 0.2) is 11.8 Å². The van der Waals surface area contributed by atoms with Crippen LogP contribution in [0, 0.1) is 5.21 Å². The summed E-state index contributed by atoms with van der Waals surface area (Å²) in [6.07, 6.45) is 1.61. The fraction of sp³-hybridized carbons (Fsp3) is 0.364. The lowest BCUT2D eigenvalue weighted by Crippen LogP contribution is -2.29. The summed E-state index contributed by atoms with van der Waals surface area (Å²) in [6.45, 7) is 5.66. The van der Waals surface area contributed by atoms with Crippen LogP contribution in [0.4, 0.5) is 0 Å². The summed E-state index contributed by atoms with van der Waals surface area (Å²) in [5.74, 6) is 0. The van der Waals surface area contributed by atoms with Crippen LogP contribution < -0.4 is 0 Å². The second kappa shape index (κ2) is 3.60. The number of hydroxylamine groups is 1. The summed E-state index contributed by atoms with van der Waals surface area (Å²) in [5, 5.41) is 11.5. The Morgan fingerprint density at radius 1 is 1.15 bits per heavy atom. The predicted octanol–water partition coefficient (Wildman–Crippen LogP) is 2.41. The molecule has 2 heteroatoms. The van der Waals surface area contributed by atoms with Crippen molar-refractivity contribution in [3.05, 3.63) is 41.1 Å². The van der Waals surface area contributed by atoms with Crippen molar-refractivity contribution < 1.29 is 4.74 Å². The third-order valence-electron chi connectivity index (χ3n) is 1.73. The Labute approximate surface area is 79.1 Å². The summed E-state index contributed by atoms with van der Waals surface area (Å²) in [5.41, 5.74) is 0.572. The van der Waals surface area contributed by atoms with Crippen molar-refractivity contribution in [2.24, 2.45) is 0 Å². The normalized spacial score (nSPS) is 13.0. The van der Waals surface area contributed by atoms with Gasteiger partial charge in [-0.1, -0.05) is 18.2 Å². The zero-order valence-corrected chi connectivity index (χ0v) is 8.32. The molecule has 0 aliphatic heterocycles. The summed E-state index contributed by atoms with van der Waals surface area (Å²) < 4.78 is 0.975. The highest BCUT2D eigenvalue weighted by Crippen LogP contribution is 2.05. The average molecular weight is 177 g/mol. The zero-order chi connectivity index (χ0) is 9.90. The van der Waals surface area contributed by atoms with Gasteiger partial charge in [0.1, 0.15) is 0 Å². The summed E-state index contributed by atoms with van der Waals surface area (Å²) in [7, 11) is 0. The maximum atomic E-state index is 11.5. The fourth-order valence-electron chi connectivity index (χ4n) is 0.868. The van der Waals surface area contributed by atoms with Crippen LogP contribution in [0.1, 0.15) is 26.3 Å². The first-order valence-corrected chi connectivity index (χ1v) is 4.36. The Balaban J connectivity index is 2.90. The quantitative estimate of drug-likeness (QED) is 0.280.